The molecule has 5 rings (SSSR count). The summed E-state index contributed by atoms with van der Waals surface area (Å²) in [6, 6.07) is 14.0. The topological polar surface area (TPSA) is 44.4 Å². The third-order valence-electron chi connectivity index (χ3n) is 7.47. The maximum Gasteiger partial charge on any atom is 0.124 e. The molecule has 0 unspecified atom stereocenters. The summed E-state index contributed by atoms with van der Waals surface area (Å²) in [5.41, 5.74) is 5.37. The molecule has 0 radical (unpaired) electrons. The van der Waals surface area contributed by atoms with Gasteiger partial charge in [0.15, 0.2) is 0 Å². The largest absolute Gasteiger partial charge is 0.488 e. The molecule has 1 saturated heterocycles. The first-order chi connectivity index (χ1) is 16.0. The monoisotopic (exact) mass is 446 g/mol. The summed E-state index contributed by atoms with van der Waals surface area (Å²) in [5.74, 6) is 1.99. The van der Waals surface area contributed by atoms with Crippen LogP contribution >= 0.6 is 0 Å². The van der Waals surface area contributed by atoms with E-state index < -0.39 is 0 Å². The van der Waals surface area contributed by atoms with Crippen molar-refractivity contribution < 1.29 is 4.74 Å². The van der Waals surface area contributed by atoms with E-state index in [2.05, 4.69) is 84.2 Å². The minimum absolute atomic E-state index is 0.331. The number of nitrogens with one attached hydrogen (secondary N) is 1. The van der Waals surface area contributed by atoms with Gasteiger partial charge in [0.25, 0.3) is 0 Å². The molecule has 0 saturated carbocycles. The van der Waals surface area contributed by atoms with E-state index in [-0.39, 0.29) is 0 Å². The Balaban J connectivity index is 1.39. The third-order valence-corrected chi connectivity index (χ3v) is 7.47. The molecule has 0 amide bonds. The fourth-order valence-corrected chi connectivity index (χ4v) is 5.70. The van der Waals surface area contributed by atoms with Gasteiger partial charge in [0, 0.05) is 37.0 Å². The molecular weight excluding hydrogens is 408 g/mol. The highest BCUT2D eigenvalue weighted by Gasteiger charge is 2.36. The molecule has 1 aromatic heterocycles. The molecule has 1 fully saturated rings. The van der Waals surface area contributed by atoms with Gasteiger partial charge in [-0.3, -0.25) is 14.9 Å². The van der Waals surface area contributed by atoms with Crippen LogP contribution in [0.3, 0.4) is 0 Å². The Morgan fingerprint density at radius 3 is 2.64 bits per heavy atom. The molecule has 5 nitrogen and oxygen atoms in total. The maximum atomic E-state index is 6.27. The van der Waals surface area contributed by atoms with E-state index in [0.29, 0.717) is 24.0 Å². The normalized spacial score (nSPS) is 22.0. The van der Waals surface area contributed by atoms with Crippen LogP contribution in [0, 0.1) is 5.92 Å². The first kappa shape index (κ1) is 22.4. The summed E-state index contributed by atoms with van der Waals surface area (Å²) in [4.78, 5) is 5.04. The van der Waals surface area contributed by atoms with Crippen molar-refractivity contribution in [2.45, 2.75) is 64.6 Å². The van der Waals surface area contributed by atoms with E-state index in [0.717, 1.165) is 30.9 Å². The van der Waals surface area contributed by atoms with Crippen molar-refractivity contribution in [1.82, 2.24) is 20.0 Å². The Morgan fingerprint density at radius 1 is 1.12 bits per heavy atom. The molecule has 3 aromatic rings. The number of hydrogen-bond donors (Lipinski definition) is 1. The number of unbranched alkanes of at least 4 members (excludes halogenated alkanes) is 1. The van der Waals surface area contributed by atoms with Crippen LogP contribution in [-0.4, -0.2) is 58.8 Å². The zero-order chi connectivity index (χ0) is 22.9. The molecule has 176 valence electrons. The predicted molar refractivity (Wildman–Crippen MR) is 135 cm³/mol. The summed E-state index contributed by atoms with van der Waals surface area (Å²) in [6.45, 7) is 11.2. The molecule has 2 aliphatic rings. The Kier molecular flexibility index (Phi) is 6.44. The average Bonchev–Trinajstić information content (AvgIpc) is 3.25. The van der Waals surface area contributed by atoms with Crippen LogP contribution in [-0.2, 0) is 6.54 Å². The highest BCUT2D eigenvalue weighted by molar-refractivity contribution is 5.83. The zero-order valence-corrected chi connectivity index (χ0v) is 20.6. The molecule has 5 heteroatoms. The highest BCUT2D eigenvalue weighted by atomic mass is 16.5. The van der Waals surface area contributed by atoms with Gasteiger partial charge in [-0.1, -0.05) is 45.4 Å². The Morgan fingerprint density at radius 2 is 1.91 bits per heavy atom. The standard InChI is InChI=1S/C28H38N4O/c1-5-6-13-32-16-22(17-32)33-21-9-7-20(8-10-21)28-23-11-12-26-24(15-29-30-26)25(23)18-31(4)27(28)14-19(2)3/h7-12,15,19,22,27-28H,5-6,13-14,16-18H2,1-4H3,(H,29,30)/t27-,28-/m0/s1. The maximum absolute atomic E-state index is 6.27. The molecule has 0 spiro atoms. The van der Waals surface area contributed by atoms with Crippen LogP contribution in [0.2, 0.25) is 0 Å². The van der Waals surface area contributed by atoms with Crippen molar-refractivity contribution in [2.24, 2.45) is 5.92 Å². The number of aromatic amines is 1. The van der Waals surface area contributed by atoms with Gasteiger partial charge in [-0.25, -0.2) is 0 Å². The highest BCUT2D eigenvalue weighted by Crippen LogP contribution is 2.42. The summed E-state index contributed by atoms with van der Waals surface area (Å²) in [6.07, 6.45) is 6.03. The second-order valence-electron chi connectivity index (χ2n) is 10.5. The molecule has 2 atom stereocenters. The van der Waals surface area contributed by atoms with Crippen LogP contribution < -0.4 is 4.74 Å². The number of nitrogens with zero attached hydrogens (tertiary/aromatic N) is 3. The predicted octanol–water partition coefficient (Wildman–Crippen LogP) is 5.42. The van der Waals surface area contributed by atoms with Crippen LogP contribution in [0.4, 0.5) is 0 Å². The fourth-order valence-electron chi connectivity index (χ4n) is 5.70. The summed E-state index contributed by atoms with van der Waals surface area (Å²) >= 11 is 0. The minimum Gasteiger partial charge on any atom is -0.488 e. The van der Waals surface area contributed by atoms with Crippen LogP contribution in [0.1, 0.15) is 62.6 Å². The van der Waals surface area contributed by atoms with E-state index in [4.69, 9.17) is 4.74 Å². The third kappa shape index (κ3) is 4.53. The van der Waals surface area contributed by atoms with Crippen LogP contribution in [0.5, 0.6) is 5.75 Å². The molecule has 3 heterocycles. The smallest absolute Gasteiger partial charge is 0.124 e. The van der Waals surface area contributed by atoms with Crippen molar-refractivity contribution in [3.8, 4) is 5.75 Å². The molecule has 0 aliphatic carbocycles. The molecule has 2 aromatic carbocycles. The fraction of sp³-hybridized carbons (Fsp3) is 0.536. The zero-order valence-electron chi connectivity index (χ0n) is 20.6. The SMILES string of the molecule is CCCCN1CC(Oc2ccc([C@H]3c4ccc5[nH]ncc5c4CN(C)[C@H]3CC(C)C)cc2)C1. The first-order valence-electron chi connectivity index (χ1n) is 12.7. The van der Waals surface area contributed by atoms with Crippen molar-refractivity contribution in [1.29, 1.82) is 0 Å². The van der Waals surface area contributed by atoms with Gasteiger partial charge in [0.2, 0.25) is 0 Å². The van der Waals surface area contributed by atoms with Crippen molar-refractivity contribution >= 4 is 10.9 Å². The first-order valence-corrected chi connectivity index (χ1v) is 12.7. The summed E-state index contributed by atoms with van der Waals surface area (Å²) in [7, 11) is 2.28. The number of aromatic nitrogens is 2. The lowest BCUT2D eigenvalue weighted by Crippen LogP contribution is -2.53. The van der Waals surface area contributed by atoms with E-state index in [1.54, 1.807) is 0 Å². The Labute approximate surface area is 198 Å². The van der Waals surface area contributed by atoms with Gasteiger partial charge in [-0.05, 0) is 67.2 Å². The average molecular weight is 447 g/mol. The van der Waals surface area contributed by atoms with Crippen LogP contribution in [0.15, 0.2) is 42.6 Å². The van der Waals surface area contributed by atoms with E-state index in [1.165, 1.54) is 47.9 Å². The lowest BCUT2D eigenvalue weighted by atomic mass is 9.76. The molecule has 2 aliphatic heterocycles. The van der Waals surface area contributed by atoms with Crippen molar-refractivity contribution in [3.63, 3.8) is 0 Å². The van der Waals surface area contributed by atoms with Gasteiger partial charge in [-0.2, -0.15) is 5.10 Å². The van der Waals surface area contributed by atoms with Gasteiger partial charge < -0.3 is 4.74 Å². The second-order valence-corrected chi connectivity index (χ2v) is 10.5. The van der Waals surface area contributed by atoms with Crippen molar-refractivity contribution in [2.75, 3.05) is 26.7 Å². The van der Waals surface area contributed by atoms with Gasteiger partial charge in [0.1, 0.15) is 11.9 Å². The Hall–Kier alpha value is -2.37. The number of hydrogen-bond acceptors (Lipinski definition) is 4. The van der Waals surface area contributed by atoms with Crippen molar-refractivity contribution in [3.05, 3.63) is 59.3 Å². The number of rotatable bonds is 8. The number of likely N-dealkylation sites (N-methyl/N-ethyl adjacent to an activating group) is 1. The summed E-state index contributed by atoms with van der Waals surface area (Å²) in [5, 5.41) is 8.71. The lowest BCUT2D eigenvalue weighted by molar-refractivity contribution is 0.0193. The molecule has 33 heavy (non-hydrogen) atoms. The summed E-state index contributed by atoms with van der Waals surface area (Å²) < 4.78 is 6.27. The number of ether oxygens (including phenoxy) is 1. The minimum atomic E-state index is 0.331. The molecule has 1 N–H and O–H groups in total. The van der Waals surface area contributed by atoms with Gasteiger partial charge in [-0.15, -0.1) is 0 Å². The lowest BCUT2D eigenvalue weighted by Gasteiger charge is -2.42. The quantitative estimate of drug-likeness (QED) is 0.502. The van der Waals surface area contributed by atoms with Gasteiger partial charge in [0.05, 0.1) is 11.7 Å². The van der Waals surface area contributed by atoms with E-state index >= 15 is 0 Å². The number of fused-ring (bicyclic) bond motifs is 3. The number of benzene rings is 2. The van der Waals surface area contributed by atoms with Gasteiger partial charge >= 0.3 is 0 Å². The molecule has 0 bridgehead atoms. The van der Waals surface area contributed by atoms with Crippen LogP contribution in [0.25, 0.3) is 10.9 Å². The Bertz CT molecular complexity index is 1070. The van der Waals surface area contributed by atoms with E-state index in [9.17, 15) is 0 Å². The number of H-pyrrole nitrogens is 1. The molecular formula is C28H38N4O. The van der Waals surface area contributed by atoms with E-state index in [1.807, 2.05) is 6.20 Å². The second kappa shape index (κ2) is 9.47. The number of likely N-dealkylation sites (tertiary alicyclic amines) is 1.